The first-order chi connectivity index (χ1) is 12.2. The molecule has 2 N–H and O–H groups in total. The van der Waals surface area contributed by atoms with E-state index in [-0.39, 0.29) is 35.8 Å². The van der Waals surface area contributed by atoms with Crippen LogP contribution in [0.4, 0.5) is 0 Å². The molecule has 0 aromatic heterocycles. The van der Waals surface area contributed by atoms with Crippen molar-refractivity contribution in [1.29, 1.82) is 0 Å². The summed E-state index contributed by atoms with van der Waals surface area (Å²) in [4.78, 5) is 4.60. The highest BCUT2D eigenvalue weighted by molar-refractivity contribution is 14.0. The molecule has 156 valence electrons. The van der Waals surface area contributed by atoms with E-state index in [1.165, 1.54) is 17.4 Å². The predicted octanol–water partition coefficient (Wildman–Crippen LogP) is 3.74. The van der Waals surface area contributed by atoms with Gasteiger partial charge < -0.3 is 10.6 Å². The summed E-state index contributed by atoms with van der Waals surface area (Å²) in [5.41, 5.74) is 2.71. The van der Waals surface area contributed by atoms with E-state index < -0.39 is 9.84 Å². The zero-order valence-corrected chi connectivity index (χ0v) is 20.4. The van der Waals surface area contributed by atoms with Gasteiger partial charge >= 0.3 is 0 Å². The van der Waals surface area contributed by atoms with Gasteiger partial charge in [0.1, 0.15) is 9.84 Å². The zero-order chi connectivity index (χ0) is 19.6. The highest BCUT2D eigenvalue weighted by Crippen LogP contribution is 2.15. The molecule has 1 unspecified atom stereocenters. The number of hydrogen-bond acceptors (Lipinski definition) is 3. The smallest absolute Gasteiger partial charge is 0.191 e. The lowest BCUT2D eigenvalue weighted by atomic mass is 10.0. The number of sulfone groups is 1. The van der Waals surface area contributed by atoms with E-state index in [4.69, 9.17) is 0 Å². The molecule has 1 aromatic rings. The molecule has 0 bridgehead atoms. The van der Waals surface area contributed by atoms with Crippen molar-refractivity contribution in [1.82, 2.24) is 10.6 Å². The van der Waals surface area contributed by atoms with Gasteiger partial charge in [0, 0.05) is 25.4 Å². The van der Waals surface area contributed by atoms with Gasteiger partial charge in [-0.1, -0.05) is 38.1 Å². The summed E-state index contributed by atoms with van der Waals surface area (Å²) in [7, 11) is -2.93. The van der Waals surface area contributed by atoms with E-state index in [1.54, 1.807) is 0 Å². The molecule has 0 radical (unpaired) electrons. The van der Waals surface area contributed by atoms with E-state index in [0.29, 0.717) is 12.3 Å². The monoisotopic (exact) mass is 509 g/mol. The third-order valence-corrected chi connectivity index (χ3v) is 5.17. The molecule has 0 spiro atoms. The Morgan fingerprint density at radius 3 is 2.30 bits per heavy atom. The van der Waals surface area contributed by atoms with Crippen molar-refractivity contribution in [2.45, 2.75) is 58.9 Å². The summed E-state index contributed by atoms with van der Waals surface area (Å²) in [5.74, 6) is 1.50. The standard InChI is InChI=1S/C20H35N3O2S.HI/c1-6-21-20(23-17(4)13-15-26(5,24)25)22-14-7-8-18-9-11-19(12-10-18)16(2)3;/h9-12,16-17H,6-8,13-15H2,1-5H3,(H2,21,22,23);1H. The normalized spacial score (nSPS) is 13.2. The summed E-state index contributed by atoms with van der Waals surface area (Å²) in [6, 6.07) is 8.88. The molecule has 0 saturated carbocycles. The molecule has 5 nitrogen and oxygen atoms in total. The van der Waals surface area contributed by atoms with Gasteiger partial charge in [-0.25, -0.2) is 8.42 Å². The average Bonchev–Trinajstić information content (AvgIpc) is 2.57. The third kappa shape index (κ3) is 12.3. The molecule has 1 aromatic carbocycles. The number of halogens is 1. The van der Waals surface area contributed by atoms with Crippen LogP contribution < -0.4 is 10.6 Å². The lowest BCUT2D eigenvalue weighted by Gasteiger charge is -2.17. The van der Waals surface area contributed by atoms with Gasteiger partial charge in [0.25, 0.3) is 0 Å². The third-order valence-electron chi connectivity index (χ3n) is 4.19. The van der Waals surface area contributed by atoms with Crippen LogP contribution in [0.1, 0.15) is 57.6 Å². The molecule has 1 atom stereocenters. The Morgan fingerprint density at radius 2 is 1.78 bits per heavy atom. The van der Waals surface area contributed by atoms with Gasteiger partial charge in [0.2, 0.25) is 0 Å². The van der Waals surface area contributed by atoms with Crippen molar-refractivity contribution >= 4 is 39.8 Å². The van der Waals surface area contributed by atoms with Crippen molar-refractivity contribution in [2.24, 2.45) is 4.99 Å². The van der Waals surface area contributed by atoms with Gasteiger partial charge in [0.15, 0.2) is 5.96 Å². The average molecular weight is 509 g/mol. The van der Waals surface area contributed by atoms with Gasteiger partial charge in [-0.3, -0.25) is 4.99 Å². The van der Waals surface area contributed by atoms with Crippen LogP contribution in [-0.4, -0.2) is 45.5 Å². The largest absolute Gasteiger partial charge is 0.357 e. The number of aryl methyl sites for hydroxylation is 1. The number of nitrogens with zero attached hydrogens (tertiary/aromatic N) is 1. The van der Waals surface area contributed by atoms with Crippen LogP contribution in [-0.2, 0) is 16.3 Å². The minimum atomic E-state index is -2.93. The molecule has 0 fully saturated rings. The van der Waals surface area contributed by atoms with Crippen molar-refractivity contribution in [3.05, 3.63) is 35.4 Å². The number of aliphatic imine (C=N–C) groups is 1. The summed E-state index contributed by atoms with van der Waals surface area (Å²) >= 11 is 0. The first-order valence-corrected chi connectivity index (χ1v) is 11.6. The number of guanidine groups is 1. The molecule has 27 heavy (non-hydrogen) atoms. The second-order valence-corrected chi connectivity index (χ2v) is 9.48. The maximum absolute atomic E-state index is 11.3. The summed E-state index contributed by atoms with van der Waals surface area (Å²) in [6.07, 6.45) is 3.83. The number of hydrogen-bond donors (Lipinski definition) is 2. The lowest BCUT2D eigenvalue weighted by molar-refractivity contribution is 0.581. The van der Waals surface area contributed by atoms with E-state index in [2.05, 4.69) is 53.7 Å². The van der Waals surface area contributed by atoms with E-state index in [9.17, 15) is 8.42 Å². The lowest BCUT2D eigenvalue weighted by Crippen LogP contribution is -2.42. The van der Waals surface area contributed by atoms with Gasteiger partial charge in [0.05, 0.1) is 5.75 Å². The highest BCUT2D eigenvalue weighted by Gasteiger charge is 2.09. The maximum atomic E-state index is 11.3. The van der Waals surface area contributed by atoms with Gasteiger partial charge in [-0.15, -0.1) is 24.0 Å². The maximum Gasteiger partial charge on any atom is 0.191 e. The van der Waals surface area contributed by atoms with Crippen molar-refractivity contribution in [3.63, 3.8) is 0 Å². The molecule has 0 aliphatic heterocycles. The Labute approximate surface area is 182 Å². The zero-order valence-electron chi connectivity index (χ0n) is 17.3. The molecule has 0 aliphatic carbocycles. The fourth-order valence-corrected chi connectivity index (χ4v) is 3.34. The van der Waals surface area contributed by atoms with Gasteiger partial charge in [-0.2, -0.15) is 0 Å². The van der Waals surface area contributed by atoms with Crippen molar-refractivity contribution in [3.8, 4) is 0 Å². The van der Waals surface area contributed by atoms with E-state index in [0.717, 1.165) is 31.9 Å². The predicted molar refractivity (Wildman–Crippen MR) is 127 cm³/mol. The summed E-state index contributed by atoms with van der Waals surface area (Å²) < 4.78 is 22.6. The number of benzene rings is 1. The van der Waals surface area contributed by atoms with Crippen LogP contribution in [0.15, 0.2) is 29.3 Å². The quantitative estimate of drug-likeness (QED) is 0.218. The molecule has 7 heteroatoms. The van der Waals surface area contributed by atoms with Crippen LogP contribution in [0.3, 0.4) is 0 Å². The molecule has 0 aliphatic rings. The van der Waals surface area contributed by atoms with E-state index >= 15 is 0 Å². The molecule has 0 saturated heterocycles. The first kappa shape index (κ1) is 26.2. The second kappa shape index (κ2) is 13.4. The van der Waals surface area contributed by atoms with Crippen LogP contribution in [0.25, 0.3) is 0 Å². The Morgan fingerprint density at radius 1 is 1.15 bits per heavy atom. The molecular weight excluding hydrogens is 473 g/mol. The molecule has 0 heterocycles. The minimum absolute atomic E-state index is 0. The van der Waals surface area contributed by atoms with Crippen molar-refractivity contribution < 1.29 is 8.42 Å². The number of rotatable bonds is 10. The van der Waals surface area contributed by atoms with E-state index in [1.807, 2.05) is 13.8 Å². The SMILES string of the molecule is CCNC(=NCCCc1ccc(C(C)C)cc1)NC(C)CCS(C)(=O)=O.I. The van der Waals surface area contributed by atoms with Crippen LogP contribution >= 0.6 is 24.0 Å². The van der Waals surface area contributed by atoms with Crippen molar-refractivity contribution in [2.75, 3.05) is 25.1 Å². The first-order valence-electron chi connectivity index (χ1n) is 9.52. The Bertz CT molecular complexity index is 658. The molecule has 0 amide bonds. The Balaban J connectivity index is 0.00000676. The van der Waals surface area contributed by atoms with Crippen LogP contribution in [0.2, 0.25) is 0 Å². The summed E-state index contributed by atoms with van der Waals surface area (Å²) in [6.45, 7) is 9.93. The minimum Gasteiger partial charge on any atom is -0.357 e. The van der Waals surface area contributed by atoms with Gasteiger partial charge in [-0.05, 0) is 50.2 Å². The van der Waals surface area contributed by atoms with Crippen LogP contribution in [0, 0.1) is 0 Å². The van der Waals surface area contributed by atoms with Crippen LogP contribution in [0.5, 0.6) is 0 Å². The summed E-state index contributed by atoms with van der Waals surface area (Å²) in [5, 5.41) is 6.50. The fraction of sp³-hybridized carbons (Fsp3) is 0.650. The molecular formula is C20H36IN3O2S. The fourth-order valence-electron chi connectivity index (χ4n) is 2.56. The molecule has 1 rings (SSSR count). The number of nitrogens with one attached hydrogen (secondary N) is 2. The Hall–Kier alpha value is -0.830. The topological polar surface area (TPSA) is 70.6 Å². The highest BCUT2D eigenvalue weighted by atomic mass is 127. The second-order valence-electron chi connectivity index (χ2n) is 7.22. The Kier molecular flexibility index (Phi) is 13.0.